The molecule has 1 unspecified atom stereocenters. The van der Waals surface area contributed by atoms with E-state index >= 15 is 0 Å². The molecule has 27 heavy (non-hydrogen) atoms. The van der Waals surface area contributed by atoms with E-state index in [4.69, 9.17) is 9.47 Å². The monoisotopic (exact) mass is 369 g/mol. The SMILES string of the molecule is CCN(CC(C)C(=O)OC)C(=O)COC(c1ccccc1)c1ccccc1. The molecule has 2 rings (SSSR count). The predicted molar refractivity (Wildman–Crippen MR) is 104 cm³/mol. The van der Waals surface area contributed by atoms with Gasteiger partial charge in [-0.3, -0.25) is 9.59 Å². The molecule has 0 spiro atoms. The van der Waals surface area contributed by atoms with Crippen molar-refractivity contribution in [2.75, 3.05) is 26.8 Å². The summed E-state index contributed by atoms with van der Waals surface area (Å²) in [6, 6.07) is 19.6. The lowest BCUT2D eigenvalue weighted by Crippen LogP contribution is -2.39. The van der Waals surface area contributed by atoms with E-state index < -0.39 is 0 Å². The smallest absolute Gasteiger partial charge is 0.310 e. The third kappa shape index (κ3) is 5.93. The van der Waals surface area contributed by atoms with Gasteiger partial charge in [-0.05, 0) is 18.1 Å². The first-order chi connectivity index (χ1) is 13.1. The van der Waals surface area contributed by atoms with Gasteiger partial charge in [0.1, 0.15) is 12.7 Å². The average molecular weight is 369 g/mol. The van der Waals surface area contributed by atoms with Gasteiger partial charge in [0.25, 0.3) is 0 Å². The summed E-state index contributed by atoms with van der Waals surface area (Å²) in [5, 5.41) is 0. The normalized spacial score (nSPS) is 11.9. The summed E-state index contributed by atoms with van der Waals surface area (Å²) in [6.07, 6.45) is -0.326. The Labute approximate surface area is 160 Å². The number of benzene rings is 2. The van der Waals surface area contributed by atoms with Gasteiger partial charge >= 0.3 is 5.97 Å². The Hall–Kier alpha value is -2.66. The highest BCUT2D eigenvalue weighted by Crippen LogP contribution is 2.25. The number of carbonyl (C=O) groups is 2. The highest BCUT2D eigenvalue weighted by atomic mass is 16.5. The van der Waals surface area contributed by atoms with Gasteiger partial charge in [0.2, 0.25) is 5.91 Å². The number of esters is 1. The minimum absolute atomic E-state index is 0.0593. The molecule has 1 atom stereocenters. The van der Waals surface area contributed by atoms with E-state index in [9.17, 15) is 9.59 Å². The lowest BCUT2D eigenvalue weighted by Gasteiger charge is -2.25. The van der Waals surface area contributed by atoms with Gasteiger partial charge in [-0.1, -0.05) is 67.6 Å². The number of amides is 1. The third-order valence-corrected chi connectivity index (χ3v) is 4.41. The van der Waals surface area contributed by atoms with Gasteiger partial charge in [-0.15, -0.1) is 0 Å². The third-order valence-electron chi connectivity index (χ3n) is 4.41. The van der Waals surface area contributed by atoms with Gasteiger partial charge in [-0.2, -0.15) is 0 Å². The topological polar surface area (TPSA) is 55.8 Å². The molecular formula is C22H27NO4. The van der Waals surface area contributed by atoms with E-state index in [0.717, 1.165) is 11.1 Å². The summed E-state index contributed by atoms with van der Waals surface area (Å²) in [5.41, 5.74) is 1.98. The van der Waals surface area contributed by atoms with Crippen molar-refractivity contribution in [1.82, 2.24) is 4.90 Å². The molecule has 0 aliphatic heterocycles. The first-order valence-corrected chi connectivity index (χ1v) is 9.13. The van der Waals surface area contributed by atoms with Gasteiger partial charge < -0.3 is 14.4 Å². The van der Waals surface area contributed by atoms with Crippen molar-refractivity contribution in [3.8, 4) is 0 Å². The zero-order chi connectivity index (χ0) is 19.6. The van der Waals surface area contributed by atoms with Crippen molar-refractivity contribution in [3.63, 3.8) is 0 Å². The van der Waals surface area contributed by atoms with Crippen LogP contribution >= 0.6 is 0 Å². The molecule has 0 aliphatic carbocycles. The van der Waals surface area contributed by atoms with E-state index in [1.807, 2.05) is 67.6 Å². The molecular weight excluding hydrogens is 342 g/mol. The van der Waals surface area contributed by atoms with Crippen molar-refractivity contribution in [2.45, 2.75) is 20.0 Å². The highest BCUT2D eigenvalue weighted by molar-refractivity contribution is 5.79. The van der Waals surface area contributed by atoms with Gasteiger partial charge in [0, 0.05) is 13.1 Å². The lowest BCUT2D eigenvalue weighted by molar-refractivity contribution is -0.147. The lowest BCUT2D eigenvalue weighted by atomic mass is 10.0. The van der Waals surface area contributed by atoms with Crippen LogP contribution in [0.4, 0.5) is 0 Å². The van der Waals surface area contributed by atoms with Crippen LogP contribution < -0.4 is 0 Å². The molecule has 0 radical (unpaired) electrons. The molecule has 0 saturated heterocycles. The van der Waals surface area contributed by atoms with Crippen LogP contribution in [0.15, 0.2) is 60.7 Å². The summed E-state index contributed by atoms with van der Waals surface area (Å²) >= 11 is 0. The summed E-state index contributed by atoms with van der Waals surface area (Å²) in [6.45, 7) is 4.39. The number of methoxy groups -OCH3 is 1. The number of likely N-dealkylation sites (N-methyl/N-ethyl adjacent to an activating group) is 1. The fourth-order valence-corrected chi connectivity index (χ4v) is 2.90. The maximum absolute atomic E-state index is 12.6. The molecule has 0 saturated carbocycles. The fourth-order valence-electron chi connectivity index (χ4n) is 2.90. The second-order valence-corrected chi connectivity index (χ2v) is 6.37. The number of carbonyl (C=O) groups excluding carboxylic acids is 2. The maximum atomic E-state index is 12.6. The maximum Gasteiger partial charge on any atom is 0.310 e. The Kier molecular flexibility index (Phi) is 8.01. The number of ether oxygens (including phenoxy) is 2. The summed E-state index contributed by atoms with van der Waals surface area (Å²) < 4.78 is 10.8. The van der Waals surface area contributed by atoms with Gasteiger partial charge in [0.05, 0.1) is 13.0 Å². The first-order valence-electron chi connectivity index (χ1n) is 9.13. The average Bonchev–Trinajstić information content (AvgIpc) is 2.72. The molecule has 5 heteroatoms. The molecule has 0 bridgehead atoms. The van der Waals surface area contributed by atoms with Crippen LogP contribution in [0, 0.1) is 5.92 Å². The predicted octanol–water partition coefficient (Wildman–Crippen LogP) is 3.45. The fraction of sp³-hybridized carbons (Fsp3) is 0.364. The Balaban J connectivity index is 2.07. The van der Waals surface area contributed by atoms with Crippen molar-refractivity contribution < 1.29 is 19.1 Å². The van der Waals surface area contributed by atoms with E-state index in [-0.39, 0.29) is 30.5 Å². The summed E-state index contributed by atoms with van der Waals surface area (Å²) in [7, 11) is 1.35. The zero-order valence-corrected chi connectivity index (χ0v) is 16.1. The number of hydrogen-bond donors (Lipinski definition) is 0. The van der Waals surface area contributed by atoms with E-state index in [1.54, 1.807) is 11.8 Å². The van der Waals surface area contributed by atoms with Crippen LogP contribution in [0.1, 0.15) is 31.1 Å². The first kappa shape index (κ1) is 20.6. The van der Waals surface area contributed by atoms with Gasteiger partial charge in [-0.25, -0.2) is 0 Å². The molecule has 0 N–H and O–H groups in total. The van der Waals surface area contributed by atoms with E-state index in [0.29, 0.717) is 13.1 Å². The summed E-state index contributed by atoms with van der Waals surface area (Å²) in [5.74, 6) is -0.850. The zero-order valence-electron chi connectivity index (χ0n) is 16.1. The Morgan fingerprint density at radius 3 is 1.93 bits per heavy atom. The molecule has 0 fully saturated rings. The molecule has 1 amide bonds. The molecule has 0 aromatic heterocycles. The quantitative estimate of drug-likeness (QED) is 0.635. The largest absolute Gasteiger partial charge is 0.469 e. The number of nitrogens with zero attached hydrogens (tertiary/aromatic N) is 1. The van der Waals surface area contributed by atoms with Gasteiger partial charge in [0.15, 0.2) is 0 Å². The van der Waals surface area contributed by atoms with Crippen molar-refractivity contribution >= 4 is 11.9 Å². The van der Waals surface area contributed by atoms with E-state index in [2.05, 4.69) is 0 Å². The Morgan fingerprint density at radius 2 is 1.48 bits per heavy atom. The molecule has 2 aromatic carbocycles. The highest BCUT2D eigenvalue weighted by Gasteiger charge is 2.22. The molecule has 0 heterocycles. The van der Waals surface area contributed by atoms with Crippen molar-refractivity contribution in [1.29, 1.82) is 0 Å². The Bertz CT molecular complexity index is 678. The molecule has 144 valence electrons. The second kappa shape index (κ2) is 10.5. The standard InChI is InChI=1S/C22H27NO4/c1-4-23(15-17(2)22(25)26-3)20(24)16-27-21(18-11-7-5-8-12-18)19-13-9-6-10-14-19/h5-14,17,21H,4,15-16H2,1-3H3. The molecule has 5 nitrogen and oxygen atoms in total. The number of hydrogen-bond acceptors (Lipinski definition) is 4. The summed E-state index contributed by atoms with van der Waals surface area (Å²) in [4.78, 5) is 25.9. The van der Waals surface area contributed by atoms with Crippen LogP contribution in [-0.2, 0) is 19.1 Å². The van der Waals surface area contributed by atoms with Crippen molar-refractivity contribution in [2.24, 2.45) is 5.92 Å². The van der Waals surface area contributed by atoms with Crippen LogP contribution in [0.3, 0.4) is 0 Å². The molecule has 2 aromatic rings. The Morgan fingerprint density at radius 1 is 0.963 bits per heavy atom. The second-order valence-electron chi connectivity index (χ2n) is 6.37. The van der Waals surface area contributed by atoms with Crippen LogP contribution in [0.25, 0.3) is 0 Å². The van der Waals surface area contributed by atoms with Crippen LogP contribution in [-0.4, -0.2) is 43.6 Å². The minimum Gasteiger partial charge on any atom is -0.469 e. The van der Waals surface area contributed by atoms with Crippen LogP contribution in [0.5, 0.6) is 0 Å². The van der Waals surface area contributed by atoms with Crippen LogP contribution in [0.2, 0.25) is 0 Å². The van der Waals surface area contributed by atoms with E-state index in [1.165, 1.54) is 7.11 Å². The number of rotatable bonds is 9. The van der Waals surface area contributed by atoms with Crippen molar-refractivity contribution in [3.05, 3.63) is 71.8 Å². The minimum atomic E-state index is -0.377. The molecule has 0 aliphatic rings.